The van der Waals surface area contributed by atoms with E-state index in [1.807, 2.05) is 67.7 Å². The normalized spacial score (nSPS) is 24.6. The van der Waals surface area contributed by atoms with Gasteiger partial charge in [0, 0.05) is 18.5 Å². The van der Waals surface area contributed by atoms with E-state index < -0.39 is 22.9 Å². The van der Waals surface area contributed by atoms with E-state index in [-0.39, 0.29) is 35.9 Å². The number of rotatable bonds is 5. The summed E-state index contributed by atoms with van der Waals surface area (Å²) in [6.45, 7) is 0. The Kier molecular flexibility index (Phi) is 8.71. The van der Waals surface area contributed by atoms with Crippen LogP contribution in [0, 0.1) is 5.92 Å². The smallest absolute Gasteiger partial charge is 0.336 e. The van der Waals surface area contributed by atoms with E-state index >= 15 is 0 Å². The molecule has 2 bridgehead atoms. The number of carbonyl (C=O) groups excluding carboxylic acids is 2. The number of ether oxygens (including phenoxy) is 2. The first-order valence-corrected chi connectivity index (χ1v) is 10.7. The molecular formula is C24H29Cl2NO5. The summed E-state index contributed by atoms with van der Waals surface area (Å²) >= 11 is 7.04. The van der Waals surface area contributed by atoms with Crippen LogP contribution in [0.1, 0.15) is 30.4 Å². The number of carbonyl (C=O) groups is 2. The van der Waals surface area contributed by atoms with Crippen molar-refractivity contribution < 1.29 is 24.5 Å². The number of halogens is 2. The van der Waals surface area contributed by atoms with Gasteiger partial charge >= 0.3 is 11.9 Å². The summed E-state index contributed by atoms with van der Waals surface area (Å²) in [5, 5.41) is 0. The molecule has 0 saturated carbocycles. The van der Waals surface area contributed by atoms with Crippen LogP contribution >= 0.6 is 24.0 Å². The fourth-order valence-corrected chi connectivity index (χ4v) is 5.24. The number of hydrogen-bond acceptors (Lipinski definition) is 5. The Labute approximate surface area is 199 Å². The van der Waals surface area contributed by atoms with Crippen LogP contribution in [0.25, 0.3) is 0 Å². The lowest BCUT2D eigenvalue weighted by atomic mass is 9.86. The zero-order valence-corrected chi connectivity index (χ0v) is 19.6. The highest BCUT2D eigenvalue weighted by Gasteiger charge is 2.52. The lowest BCUT2D eigenvalue weighted by molar-refractivity contribution is -0.169. The van der Waals surface area contributed by atoms with Gasteiger partial charge in [-0.3, -0.25) is 9.69 Å². The van der Waals surface area contributed by atoms with Crippen LogP contribution in [0.3, 0.4) is 0 Å². The second-order valence-electron chi connectivity index (χ2n) is 8.08. The molecule has 2 heterocycles. The van der Waals surface area contributed by atoms with Gasteiger partial charge < -0.3 is 14.9 Å². The van der Waals surface area contributed by atoms with E-state index in [0.29, 0.717) is 17.5 Å². The van der Waals surface area contributed by atoms with Gasteiger partial charge in [-0.05, 0) is 31.0 Å². The Balaban J connectivity index is 0.00000181. The Morgan fingerprint density at radius 1 is 1.00 bits per heavy atom. The summed E-state index contributed by atoms with van der Waals surface area (Å²) in [5.74, 6) is -1.43. The van der Waals surface area contributed by atoms with Crippen LogP contribution in [0.4, 0.5) is 0 Å². The van der Waals surface area contributed by atoms with E-state index in [4.69, 9.17) is 21.1 Å². The molecule has 174 valence electrons. The van der Waals surface area contributed by atoms with Crippen molar-refractivity contribution in [3.05, 3.63) is 71.8 Å². The molecule has 6 nitrogen and oxygen atoms in total. The molecule has 8 heteroatoms. The van der Waals surface area contributed by atoms with Gasteiger partial charge in [0.15, 0.2) is 4.87 Å². The summed E-state index contributed by atoms with van der Waals surface area (Å²) in [6.07, 6.45) is 1.89. The summed E-state index contributed by atoms with van der Waals surface area (Å²) < 4.78 is 11.1. The predicted octanol–water partition coefficient (Wildman–Crippen LogP) is 3.33. The fourth-order valence-electron chi connectivity index (χ4n) is 4.94. The van der Waals surface area contributed by atoms with Crippen molar-refractivity contribution >= 4 is 35.9 Å². The molecular weight excluding hydrogens is 453 g/mol. The quantitative estimate of drug-likeness (QED) is 0.482. The summed E-state index contributed by atoms with van der Waals surface area (Å²) in [7, 11) is 3.40. The van der Waals surface area contributed by atoms with E-state index in [9.17, 15) is 9.59 Å². The second kappa shape index (κ2) is 10.7. The van der Waals surface area contributed by atoms with Crippen molar-refractivity contribution in [1.29, 1.82) is 0 Å². The second-order valence-corrected chi connectivity index (χ2v) is 8.65. The molecule has 0 amide bonds. The number of hydrogen-bond donors (Lipinski definition) is 0. The zero-order valence-electron chi connectivity index (χ0n) is 18.1. The molecule has 4 rings (SSSR count). The number of esters is 2. The molecule has 0 aliphatic carbocycles. The average molecular weight is 482 g/mol. The first-order chi connectivity index (χ1) is 14.5. The lowest BCUT2D eigenvalue weighted by Gasteiger charge is -2.41. The van der Waals surface area contributed by atoms with Crippen LogP contribution < -0.4 is 0 Å². The molecule has 0 aromatic heterocycles. The molecule has 2 fully saturated rings. The van der Waals surface area contributed by atoms with Crippen LogP contribution in [0.15, 0.2) is 60.7 Å². The lowest BCUT2D eigenvalue weighted by Crippen LogP contribution is -2.54. The molecule has 2 saturated heterocycles. The topological polar surface area (TPSA) is 87.3 Å². The third kappa shape index (κ3) is 4.50. The van der Waals surface area contributed by atoms with Crippen molar-refractivity contribution in [3.8, 4) is 0 Å². The molecule has 0 unspecified atom stereocenters. The largest absolute Gasteiger partial charge is 0.469 e. The molecule has 2 N–H and O–H groups in total. The van der Waals surface area contributed by atoms with E-state index in [0.717, 1.165) is 12.8 Å². The van der Waals surface area contributed by atoms with E-state index in [1.54, 1.807) is 0 Å². The minimum absolute atomic E-state index is 0. The number of benzene rings is 2. The van der Waals surface area contributed by atoms with Gasteiger partial charge in [0.2, 0.25) is 0 Å². The maximum atomic E-state index is 13.6. The highest BCUT2D eigenvalue weighted by atomic mass is 35.5. The van der Waals surface area contributed by atoms with Crippen molar-refractivity contribution in [2.75, 3.05) is 14.2 Å². The molecule has 2 aliphatic heterocycles. The average Bonchev–Trinajstić information content (AvgIpc) is 3.02. The molecule has 0 spiro atoms. The van der Waals surface area contributed by atoms with Gasteiger partial charge in [-0.1, -0.05) is 72.3 Å². The molecule has 2 aromatic carbocycles. The third-order valence-electron chi connectivity index (χ3n) is 6.57. The van der Waals surface area contributed by atoms with E-state index in [2.05, 4.69) is 4.90 Å². The SMILES string of the molecule is COC(=O)[C@@H]1[C@H](OC(=O)C(Cl)(c2ccccc2)c2ccccc2)C[C@H]2CC[C@@H]1N2C.Cl.O. The Hall–Kier alpha value is -2.12. The molecule has 4 atom stereocenters. The monoisotopic (exact) mass is 481 g/mol. The maximum absolute atomic E-state index is 13.6. The van der Waals surface area contributed by atoms with Crippen LogP contribution in [-0.2, 0) is 23.9 Å². The Bertz CT molecular complexity index is 872. The van der Waals surface area contributed by atoms with Gasteiger partial charge in [-0.2, -0.15) is 0 Å². The summed E-state index contributed by atoms with van der Waals surface area (Å²) in [5.41, 5.74) is 1.27. The first-order valence-electron chi connectivity index (χ1n) is 10.3. The molecule has 2 aromatic rings. The van der Waals surface area contributed by atoms with Gasteiger partial charge in [-0.15, -0.1) is 12.4 Å². The number of methoxy groups -OCH3 is 1. The van der Waals surface area contributed by atoms with Gasteiger partial charge in [0.05, 0.1) is 7.11 Å². The third-order valence-corrected chi connectivity index (χ3v) is 7.16. The van der Waals surface area contributed by atoms with Gasteiger partial charge in [0.25, 0.3) is 0 Å². The minimum atomic E-state index is -1.49. The van der Waals surface area contributed by atoms with Crippen molar-refractivity contribution in [2.24, 2.45) is 5.92 Å². The van der Waals surface area contributed by atoms with Gasteiger partial charge in [0.1, 0.15) is 12.0 Å². The first kappa shape index (κ1) is 26.1. The predicted molar refractivity (Wildman–Crippen MR) is 125 cm³/mol. The standard InChI is InChI=1S/C24H26ClNO4.ClH.H2O/c1-26-18-13-14-19(26)21(22(27)29-2)20(15-18)30-23(28)24(25,16-9-5-3-6-10-16)17-11-7-4-8-12-17;;/h3-12,18-21H,13-15H2,1-2H3;1H;1H2/t18-,19+,20-,21+;;/m1../s1. The van der Waals surface area contributed by atoms with Crippen LogP contribution in [0.5, 0.6) is 0 Å². The number of piperidine rings is 1. The summed E-state index contributed by atoms with van der Waals surface area (Å²) in [6, 6.07) is 18.7. The highest BCUT2D eigenvalue weighted by Crippen LogP contribution is 2.43. The van der Waals surface area contributed by atoms with Crippen molar-refractivity contribution in [2.45, 2.75) is 42.3 Å². The molecule has 2 aliphatic rings. The zero-order chi connectivity index (χ0) is 21.3. The Morgan fingerprint density at radius 2 is 1.53 bits per heavy atom. The number of alkyl halides is 1. The minimum Gasteiger partial charge on any atom is -0.469 e. The summed E-state index contributed by atoms with van der Waals surface area (Å²) in [4.78, 5) is 26.9. The number of nitrogens with zero attached hydrogens (tertiary/aromatic N) is 1. The number of fused-ring (bicyclic) bond motifs is 2. The molecule has 32 heavy (non-hydrogen) atoms. The fraction of sp³-hybridized carbons (Fsp3) is 0.417. The Morgan fingerprint density at radius 3 is 2.03 bits per heavy atom. The van der Waals surface area contributed by atoms with Crippen LogP contribution in [-0.4, -0.2) is 54.7 Å². The van der Waals surface area contributed by atoms with Crippen LogP contribution in [0.2, 0.25) is 0 Å². The highest BCUT2D eigenvalue weighted by molar-refractivity contribution is 6.36. The van der Waals surface area contributed by atoms with E-state index in [1.165, 1.54) is 7.11 Å². The van der Waals surface area contributed by atoms with Crippen molar-refractivity contribution in [3.63, 3.8) is 0 Å². The molecule has 0 radical (unpaired) electrons. The van der Waals surface area contributed by atoms with Gasteiger partial charge in [-0.25, -0.2) is 4.79 Å². The maximum Gasteiger partial charge on any atom is 0.336 e. The van der Waals surface area contributed by atoms with Crippen molar-refractivity contribution in [1.82, 2.24) is 4.90 Å².